The molecule has 0 unspecified atom stereocenters. The molecule has 1 amide bonds. The number of halogens is 1. The molecule has 2 N–H and O–H groups in total. The first-order valence-electron chi connectivity index (χ1n) is 9.84. The van der Waals surface area contributed by atoms with Gasteiger partial charge in [0.05, 0.1) is 0 Å². The maximum atomic E-state index is 11.9. The van der Waals surface area contributed by atoms with Crippen molar-refractivity contribution in [2.45, 2.75) is 38.6 Å². The Balaban J connectivity index is 0.00000729. The monoisotopic (exact) mass is 503 g/mol. The Morgan fingerprint density at radius 3 is 2.11 bits per heavy atom. The van der Waals surface area contributed by atoms with Gasteiger partial charge in [0.15, 0.2) is 5.96 Å². The van der Waals surface area contributed by atoms with Crippen molar-refractivity contribution in [1.29, 1.82) is 0 Å². The summed E-state index contributed by atoms with van der Waals surface area (Å²) >= 11 is 0. The quantitative estimate of drug-likeness (QED) is 0.211. The van der Waals surface area contributed by atoms with Crippen molar-refractivity contribution in [3.05, 3.63) is 35.4 Å². The third-order valence-electron chi connectivity index (χ3n) is 4.37. The molecule has 1 rings (SSSR count). The lowest BCUT2D eigenvalue weighted by atomic mass is 10.1. The number of benzene rings is 1. The number of nitrogens with zero attached hydrogens (tertiary/aromatic N) is 3. The van der Waals surface area contributed by atoms with Crippen molar-refractivity contribution in [2.24, 2.45) is 4.99 Å². The number of nitrogens with one attached hydrogen (secondary N) is 2. The molecule has 160 valence electrons. The topological polar surface area (TPSA) is 60.0 Å². The fraction of sp³-hybridized carbons (Fsp3) is 0.619. The number of carbonyl (C=O) groups is 1. The normalized spacial score (nSPS) is 11.1. The largest absolute Gasteiger partial charge is 0.356 e. The molecule has 0 bridgehead atoms. The average Bonchev–Trinajstić information content (AvgIpc) is 2.65. The van der Waals surface area contributed by atoms with Crippen LogP contribution in [-0.2, 0) is 6.54 Å². The molecule has 0 spiro atoms. The molecule has 7 heteroatoms. The lowest BCUT2D eigenvalue weighted by Crippen LogP contribution is -2.37. The van der Waals surface area contributed by atoms with Gasteiger partial charge in [0.1, 0.15) is 0 Å². The minimum atomic E-state index is 0. The van der Waals surface area contributed by atoms with Gasteiger partial charge in [0, 0.05) is 39.8 Å². The van der Waals surface area contributed by atoms with Gasteiger partial charge >= 0.3 is 0 Å². The molecule has 28 heavy (non-hydrogen) atoms. The molecule has 0 aliphatic heterocycles. The zero-order valence-corrected chi connectivity index (χ0v) is 20.5. The highest BCUT2D eigenvalue weighted by Crippen LogP contribution is 2.06. The summed E-state index contributed by atoms with van der Waals surface area (Å²) in [4.78, 5) is 20.0. The van der Waals surface area contributed by atoms with Crippen LogP contribution >= 0.6 is 24.0 Å². The van der Waals surface area contributed by atoms with Gasteiger partial charge in [-0.05, 0) is 51.2 Å². The van der Waals surface area contributed by atoms with Gasteiger partial charge in [-0.3, -0.25) is 9.79 Å². The number of hydrogen-bond acceptors (Lipinski definition) is 3. The summed E-state index contributed by atoms with van der Waals surface area (Å²) in [6.07, 6.45) is 6.28. The van der Waals surface area contributed by atoms with E-state index in [9.17, 15) is 4.79 Å². The van der Waals surface area contributed by atoms with Crippen LogP contribution in [0.2, 0.25) is 0 Å². The van der Waals surface area contributed by atoms with Crippen LogP contribution in [-0.4, -0.2) is 70.0 Å². The third kappa shape index (κ3) is 11.5. The molecule has 1 aromatic carbocycles. The lowest BCUT2D eigenvalue weighted by Gasteiger charge is -2.13. The number of guanidine groups is 1. The van der Waals surface area contributed by atoms with Crippen LogP contribution in [0, 0.1) is 0 Å². The maximum Gasteiger partial charge on any atom is 0.253 e. The molecule has 0 aliphatic rings. The standard InChI is InChI=1S/C21H37N5O.HI/c1-22-21(23-15-9-7-6-8-10-16-25(2)3)24-17-18-11-13-19(14-12-18)20(27)26(4)5;/h11-14H,6-10,15-17H2,1-5H3,(H2,22,23,24);1H. The van der Waals surface area contributed by atoms with Crippen LogP contribution in [0.5, 0.6) is 0 Å². The SMILES string of the molecule is CN=C(NCCCCCCCN(C)C)NCc1ccc(C(=O)N(C)C)cc1.I. The molecule has 0 aromatic heterocycles. The summed E-state index contributed by atoms with van der Waals surface area (Å²) in [5.41, 5.74) is 1.82. The molecular weight excluding hydrogens is 465 g/mol. The highest BCUT2D eigenvalue weighted by atomic mass is 127. The Morgan fingerprint density at radius 1 is 0.929 bits per heavy atom. The van der Waals surface area contributed by atoms with E-state index >= 15 is 0 Å². The second kappa shape index (κ2) is 15.6. The molecule has 0 atom stereocenters. The highest BCUT2D eigenvalue weighted by molar-refractivity contribution is 14.0. The maximum absolute atomic E-state index is 11.9. The Morgan fingerprint density at radius 2 is 1.54 bits per heavy atom. The van der Waals surface area contributed by atoms with Crippen molar-refractivity contribution in [3.63, 3.8) is 0 Å². The average molecular weight is 503 g/mol. The van der Waals surface area contributed by atoms with Crippen LogP contribution in [0.15, 0.2) is 29.3 Å². The first-order valence-corrected chi connectivity index (χ1v) is 9.84. The van der Waals surface area contributed by atoms with Gasteiger partial charge in [-0.2, -0.15) is 0 Å². The van der Waals surface area contributed by atoms with E-state index in [-0.39, 0.29) is 29.9 Å². The zero-order valence-electron chi connectivity index (χ0n) is 18.1. The summed E-state index contributed by atoms with van der Waals surface area (Å²) in [5, 5.41) is 6.68. The van der Waals surface area contributed by atoms with E-state index in [1.165, 1.54) is 32.2 Å². The van der Waals surface area contributed by atoms with Crippen LogP contribution in [0.3, 0.4) is 0 Å². The molecule has 0 saturated carbocycles. The first-order chi connectivity index (χ1) is 12.9. The molecule has 0 radical (unpaired) electrons. The Kier molecular flexibility index (Phi) is 14.8. The fourth-order valence-electron chi connectivity index (χ4n) is 2.72. The van der Waals surface area contributed by atoms with Gasteiger partial charge in [-0.25, -0.2) is 0 Å². The smallest absolute Gasteiger partial charge is 0.253 e. The number of unbranched alkanes of at least 4 members (excludes halogenated alkanes) is 4. The van der Waals surface area contributed by atoms with E-state index in [0.29, 0.717) is 12.1 Å². The van der Waals surface area contributed by atoms with Crippen LogP contribution < -0.4 is 10.6 Å². The zero-order chi connectivity index (χ0) is 20.1. The van der Waals surface area contributed by atoms with Crippen LogP contribution in [0.25, 0.3) is 0 Å². The van der Waals surface area contributed by atoms with E-state index in [4.69, 9.17) is 0 Å². The molecule has 1 aromatic rings. The third-order valence-corrected chi connectivity index (χ3v) is 4.37. The van der Waals surface area contributed by atoms with Gasteiger partial charge in [0.25, 0.3) is 5.91 Å². The van der Waals surface area contributed by atoms with E-state index in [0.717, 1.165) is 24.5 Å². The minimum absolute atomic E-state index is 0. The number of amides is 1. The molecule has 6 nitrogen and oxygen atoms in total. The number of carbonyl (C=O) groups excluding carboxylic acids is 1. The van der Waals surface area contributed by atoms with Crippen molar-refractivity contribution in [3.8, 4) is 0 Å². The Labute approximate surface area is 188 Å². The van der Waals surface area contributed by atoms with E-state index in [2.05, 4.69) is 34.6 Å². The predicted octanol–water partition coefficient (Wildman–Crippen LogP) is 3.18. The van der Waals surface area contributed by atoms with Crippen LogP contribution in [0.1, 0.15) is 48.0 Å². The van der Waals surface area contributed by atoms with Gasteiger partial charge < -0.3 is 20.4 Å². The molecular formula is C21H38IN5O. The molecule has 0 aliphatic carbocycles. The fourth-order valence-corrected chi connectivity index (χ4v) is 2.72. The second-order valence-electron chi connectivity index (χ2n) is 7.32. The summed E-state index contributed by atoms with van der Waals surface area (Å²) in [6, 6.07) is 7.69. The van der Waals surface area contributed by atoms with Gasteiger partial charge in [0.2, 0.25) is 0 Å². The first kappa shape index (κ1) is 26.6. The van der Waals surface area contributed by atoms with Gasteiger partial charge in [-0.15, -0.1) is 24.0 Å². The number of hydrogen-bond donors (Lipinski definition) is 2. The molecule has 0 heterocycles. The summed E-state index contributed by atoms with van der Waals surface area (Å²) in [5.74, 6) is 0.838. The number of rotatable bonds is 11. The van der Waals surface area contributed by atoms with Crippen LogP contribution in [0.4, 0.5) is 0 Å². The lowest BCUT2D eigenvalue weighted by molar-refractivity contribution is 0.0827. The molecule has 0 saturated heterocycles. The van der Waals surface area contributed by atoms with Crippen molar-refractivity contribution in [1.82, 2.24) is 20.4 Å². The number of aliphatic imine (C=N–C) groups is 1. The highest BCUT2D eigenvalue weighted by Gasteiger charge is 2.07. The molecule has 0 fully saturated rings. The Hall–Kier alpha value is -1.35. The summed E-state index contributed by atoms with van der Waals surface area (Å²) < 4.78 is 0. The van der Waals surface area contributed by atoms with Crippen molar-refractivity contribution >= 4 is 35.8 Å². The van der Waals surface area contributed by atoms with Crippen molar-refractivity contribution < 1.29 is 4.79 Å². The second-order valence-corrected chi connectivity index (χ2v) is 7.32. The summed E-state index contributed by atoms with van der Waals surface area (Å²) in [6.45, 7) is 2.80. The minimum Gasteiger partial charge on any atom is -0.356 e. The van der Waals surface area contributed by atoms with E-state index < -0.39 is 0 Å². The van der Waals surface area contributed by atoms with Gasteiger partial charge in [-0.1, -0.05) is 31.4 Å². The van der Waals surface area contributed by atoms with E-state index in [1.54, 1.807) is 26.0 Å². The summed E-state index contributed by atoms with van der Waals surface area (Å²) in [7, 11) is 9.56. The van der Waals surface area contributed by atoms with Crippen molar-refractivity contribution in [2.75, 3.05) is 48.3 Å². The van der Waals surface area contributed by atoms with E-state index in [1.807, 2.05) is 24.3 Å². The Bertz CT molecular complexity index is 573. The predicted molar refractivity (Wildman–Crippen MR) is 130 cm³/mol.